The van der Waals surface area contributed by atoms with Crippen molar-refractivity contribution in [3.63, 3.8) is 0 Å². The lowest BCUT2D eigenvalue weighted by atomic mass is 10.1. The summed E-state index contributed by atoms with van der Waals surface area (Å²) in [4.78, 5) is 4.37. The normalized spacial score (nSPS) is 10.6. The molecule has 2 rings (SSSR count). The second kappa shape index (κ2) is 3.85. The number of aromatic nitrogens is 2. The molecule has 0 bridgehead atoms. The Morgan fingerprint density at radius 2 is 2.07 bits per heavy atom. The predicted molar refractivity (Wildman–Crippen MR) is 58.6 cm³/mol. The molecule has 78 valence electrons. The van der Waals surface area contributed by atoms with E-state index in [9.17, 15) is 0 Å². The van der Waals surface area contributed by atoms with E-state index >= 15 is 0 Å². The zero-order chi connectivity index (χ0) is 10.8. The number of hydrogen-bond donors (Lipinski definition) is 0. The lowest BCUT2D eigenvalue weighted by Gasteiger charge is -2.00. The predicted octanol–water partition coefficient (Wildman–Crippen LogP) is 2.92. The summed E-state index contributed by atoms with van der Waals surface area (Å²) in [5.74, 6) is 0.846. The zero-order valence-electron chi connectivity index (χ0n) is 9.24. The molecule has 0 unspecified atom stereocenters. The van der Waals surface area contributed by atoms with Crippen LogP contribution in [0.4, 0.5) is 0 Å². The highest BCUT2D eigenvalue weighted by Gasteiger charge is 2.11. The molecular weight excluding hydrogens is 188 g/mol. The first-order valence-corrected chi connectivity index (χ1v) is 5.10. The fourth-order valence-corrected chi connectivity index (χ4v) is 1.68. The van der Waals surface area contributed by atoms with Gasteiger partial charge in [-0.2, -0.15) is 0 Å². The average molecular weight is 202 g/mol. The van der Waals surface area contributed by atoms with E-state index in [1.54, 1.807) is 0 Å². The molecule has 0 radical (unpaired) electrons. The van der Waals surface area contributed by atoms with Gasteiger partial charge in [-0.3, -0.25) is 4.98 Å². The molecule has 0 spiro atoms. The van der Waals surface area contributed by atoms with Crippen molar-refractivity contribution in [3.8, 4) is 11.1 Å². The highest BCUT2D eigenvalue weighted by molar-refractivity contribution is 5.66. The second-order valence-corrected chi connectivity index (χ2v) is 3.59. The van der Waals surface area contributed by atoms with Gasteiger partial charge in [0.2, 0.25) is 0 Å². The smallest absolute Gasteiger partial charge is 0.141 e. The highest BCUT2D eigenvalue weighted by Crippen LogP contribution is 2.25. The summed E-state index contributed by atoms with van der Waals surface area (Å²) in [6.45, 7) is 5.96. The first-order chi connectivity index (χ1) is 7.22. The molecule has 0 fully saturated rings. The average Bonchev–Trinajstić information content (AvgIpc) is 2.59. The minimum absolute atomic E-state index is 0.846. The van der Waals surface area contributed by atoms with Crippen molar-refractivity contribution >= 4 is 0 Å². The van der Waals surface area contributed by atoms with E-state index in [4.69, 9.17) is 4.52 Å². The largest absolute Gasteiger partial charge is 0.361 e. The first-order valence-electron chi connectivity index (χ1n) is 5.10. The summed E-state index contributed by atoms with van der Waals surface area (Å²) in [7, 11) is 0. The number of hydrogen-bond acceptors (Lipinski definition) is 3. The highest BCUT2D eigenvalue weighted by atomic mass is 16.5. The monoisotopic (exact) mass is 202 g/mol. The van der Waals surface area contributed by atoms with Crippen molar-refractivity contribution in [1.29, 1.82) is 0 Å². The molecule has 0 amide bonds. The van der Waals surface area contributed by atoms with E-state index in [0.29, 0.717) is 0 Å². The number of rotatable bonds is 2. The van der Waals surface area contributed by atoms with E-state index < -0.39 is 0 Å². The second-order valence-electron chi connectivity index (χ2n) is 3.59. The van der Waals surface area contributed by atoms with Gasteiger partial charge in [0, 0.05) is 23.0 Å². The molecule has 15 heavy (non-hydrogen) atoms. The van der Waals surface area contributed by atoms with E-state index in [1.165, 1.54) is 0 Å². The topological polar surface area (TPSA) is 38.9 Å². The van der Waals surface area contributed by atoms with Gasteiger partial charge in [-0.15, -0.1) is 0 Å². The number of aryl methyl sites for hydroxylation is 3. The molecule has 3 nitrogen and oxygen atoms in total. The molecule has 0 atom stereocenters. The lowest BCUT2D eigenvalue weighted by molar-refractivity contribution is 0.393. The van der Waals surface area contributed by atoms with Gasteiger partial charge in [0.25, 0.3) is 0 Å². The fraction of sp³-hybridized carbons (Fsp3) is 0.333. The van der Waals surface area contributed by atoms with Crippen LogP contribution < -0.4 is 0 Å². The molecule has 0 aliphatic rings. The van der Waals surface area contributed by atoms with Crippen LogP contribution in [0.5, 0.6) is 0 Å². The van der Waals surface area contributed by atoms with Crippen LogP contribution in [0.1, 0.15) is 24.1 Å². The summed E-state index contributed by atoms with van der Waals surface area (Å²) in [6.07, 6.45) is 2.84. The van der Waals surface area contributed by atoms with Crippen LogP contribution in [-0.2, 0) is 6.42 Å². The van der Waals surface area contributed by atoms with Crippen LogP contribution in [-0.4, -0.2) is 10.1 Å². The summed E-state index contributed by atoms with van der Waals surface area (Å²) < 4.78 is 5.13. The molecule has 0 saturated heterocycles. The van der Waals surface area contributed by atoms with Gasteiger partial charge >= 0.3 is 0 Å². The Bertz CT molecular complexity index is 437. The Kier molecular flexibility index (Phi) is 2.54. The maximum atomic E-state index is 5.13. The Morgan fingerprint density at radius 3 is 2.53 bits per heavy atom. The first kappa shape index (κ1) is 9.90. The molecule has 2 aromatic rings. The van der Waals surface area contributed by atoms with Crippen molar-refractivity contribution in [2.45, 2.75) is 27.2 Å². The third kappa shape index (κ3) is 1.77. The molecule has 0 N–H and O–H groups in total. The molecule has 0 aromatic carbocycles. The van der Waals surface area contributed by atoms with Crippen LogP contribution in [0.2, 0.25) is 0 Å². The van der Waals surface area contributed by atoms with Crippen LogP contribution in [0.25, 0.3) is 11.1 Å². The molecule has 0 aliphatic heterocycles. The standard InChI is InChI=1S/C12H14N2O/c1-4-11-6-5-10(7-13-11)12-8(2)14-15-9(12)3/h5-7H,4H2,1-3H3. The number of pyridine rings is 1. The van der Waals surface area contributed by atoms with Crippen LogP contribution in [0.15, 0.2) is 22.9 Å². The maximum Gasteiger partial charge on any atom is 0.141 e. The SMILES string of the molecule is CCc1ccc(-c2c(C)noc2C)cn1. The van der Waals surface area contributed by atoms with E-state index in [0.717, 1.165) is 34.7 Å². The van der Waals surface area contributed by atoms with Gasteiger partial charge in [0.15, 0.2) is 0 Å². The molecule has 2 heterocycles. The Hall–Kier alpha value is -1.64. The molecule has 0 saturated carbocycles. The van der Waals surface area contributed by atoms with E-state index in [-0.39, 0.29) is 0 Å². The van der Waals surface area contributed by atoms with E-state index in [2.05, 4.69) is 23.1 Å². The van der Waals surface area contributed by atoms with Crippen LogP contribution in [0, 0.1) is 13.8 Å². The summed E-state index contributed by atoms with van der Waals surface area (Å²) in [5, 5.41) is 3.93. The van der Waals surface area contributed by atoms with E-state index in [1.807, 2.05) is 26.1 Å². The van der Waals surface area contributed by atoms with Gasteiger partial charge in [0.1, 0.15) is 5.76 Å². The fourth-order valence-electron chi connectivity index (χ4n) is 1.68. The molecule has 3 heteroatoms. The Balaban J connectivity index is 2.45. The van der Waals surface area contributed by atoms with Crippen molar-refractivity contribution in [2.24, 2.45) is 0 Å². The summed E-state index contributed by atoms with van der Waals surface area (Å²) in [6, 6.07) is 4.11. The lowest BCUT2D eigenvalue weighted by Crippen LogP contribution is -1.88. The van der Waals surface area contributed by atoms with Crippen LogP contribution >= 0.6 is 0 Å². The van der Waals surface area contributed by atoms with Crippen molar-refractivity contribution in [3.05, 3.63) is 35.5 Å². The molecule has 0 aliphatic carbocycles. The number of nitrogens with zero attached hydrogens (tertiary/aromatic N) is 2. The minimum atomic E-state index is 0.846. The molecule has 2 aromatic heterocycles. The van der Waals surface area contributed by atoms with Crippen molar-refractivity contribution in [1.82, 2.24) is 10.1 Å². The zero-order valence-corrected chi connectivity index (χ0v) is 9.24. The summed E-state index contributed by atoms with van der Waals surface area (Å²) >= 11 is 0. The summed E-state index contributed by atoms with van der Waals surface area (Å²) in [5.41, 5.74) is 4.15. The molecular formula is C12H14N2O. The van der Waals surface area contributed by atoms with Gasteiger partial charge in [0.05, 0.1) is 5.69 Å². The van der Waals surface area contributed by atoms with Gasteiger partial charge in [-0.1, -0.05) is 18.1 Å². The van der Waals surface area contributed by atoms with Gasteiger partial charge in [-0.25, -0.2) is 0 Å². The Labute approximate surface area is 89.1 Å². The van der Waals surface area contributed by atoms with Crippen molar-refractivity contribution < 1.29 is 4.52 Å². The maximum absolute atomic E-state index is 5.13. The third-order valence-electron chi connectivity index (χ3n) is 2.51. The van der Waals surface area contributed by atoms with Gasteiger partial charge in [-0.05, 0) is 26.3 Å². The minimum Gasteiger partial charge on any atom is -0.361 e. The Morgan fingerprint density at radius 1 is 1.27 bits per heavy atom. The third-order valence-corrected chi connectivity index (χ3v) is 2.51. The quantitative estimate of drug-likeness (QED) is 0.751. The van der Waals surface area contributed by atoms with Crippen LogP contribution in [0.3, 0.4) is 0 Å². The van der Waals surface area contributed by atoms with Gasteiger partial charge < -0.3 is 4.52 Å². The van der Waals surface area contributed by atoms with Crippen molar-refractivity contribution in [2.75, 3.05) is 0 Å².